The summed E-state index contributed by atoms with van der Waals surface area (Å²) in [5, 5.41) is 0. The van der Waals surface area contributed by atoms with Gasteiger partial charge in [0.25, 0.3) is 0 Å². The molecule has 1 saturated heterocycles. The topological polar surface area (TPSA) is 82.1 Å². The van der Waals surface area contributed by atoms with Gasteiger partial charge in [0, 0.05) is 0 Å². The number of carbonyl (C=O) groups is 3. The maximum Gasteiger partial charge on any atom is 0.330 e. The molecule has 1 amide bonds. The Morgan fingerprint density at radius 1 is 0.947 bits per heavy atom. The molecule has 2 aromatic rings. The van der Waals surface area contributed by atoms with Crippen LogP contribution in [0.5, 0.6) is 11.5 Å². The maximum absolute atomic E-state index is 13.7. The van der Waals surface area contributed by atoms with Crippen molar-refractivity contribution in [2.45, 2.75) is 71.6 Å². The molecule has 2 aromatic carbocycles. The zero-order valence-electron chi connectivity index (χ0n) is 23.2. The summed E-state index contributed by atoms with van der Waals surface area (Å²) in [7, 11) is 3.18. The zero-order chi connectivity index (χ0) is 27.6. The van der Waals surface area contributed by atoms with Gasteiger partial charge < -0.3 is 19.1 Å². The van der Waals surface area contributed by atoms with Crippen molar-refractivity contribution in [1.82, 2.24) is 4.90 Å². The number of Topliss-reactive ketones (excluding diaryl/α,β-unsaturated/α-hetero) is 1. The summed E-state index contributed by atoms with van der Waals surface area (Å²) >= 11 is 0. The summed E-state index contributed by atoms with van der Waals surface area (Å²) in [5.74, 6) is -0.416. The van der Waals surface area contributed by atoms with Crippen LogP contribution < -0.4 is 9.47 Å². The summed E-state index contributed by atoms with van der Waals surface area (Å²) in [6, 6.07) is 13.2. The molecule has 0 N–H and O–H groups in total. The van der Waals surface area contributed by atoms with Gasteiger partial charge in [-0.1, -0.05) is 45.0 Å². The standard InChI is InChI=1S/C31H39NO6/c1-19(2)31(4)17-7-8-25(18-31)38-30(35)28-26(20(3)33)29(34)32(28)27(21-9-13-23(36-5)14-10-21)22-11-15-24(37-6)16-12-22/h9-16,19,25-28H,7-8,17-18H2,1-6H3/t25?,26-,28+,31?/m0/s1. The average molecular weight is 522 g/mol. The normalized spacial score (nSPS) is 25.2. The lowest BCUT2D eigenvalue weighted by atomic mass is 9.67. The second kappa shape index (κ2) is 11.2. The molecule has 1 heterocycles. The van der Waals surface area contributed by atoms with Gasteiger partial charge in [-0.15, -0.1) is 0 Å². The van der Waals surface area contributed by atoms with Gasteiger partial charge >= 0.3 is 5.97 Å². The van der Waals surface area contributed by atoms with Gasteiger partial charge in [0.2, 0.25) is 5.91 Å². The van der Waals surface area contributed by atoms with Crippen LogP contribution in [0.1, 0.15) is 70.5 Å². The van der Waals surface area contributed by atoms with Crippen LogP contribution in [-0.2, 0) is 19.1 Å². The Labute approximate surface area is 225 Å². The van der Waals surface area contributed by atoms with Gasteiger partial charge in [0.15, 0.2) is 0 Å². The molecule has 204 valence electrons. The molecule has 0 spiro atoms. The predicted molar refractivity (Wildman–Crippen MR) is 144 cm³/mol. The summed E-state index contributed by atoms with van der Waals surface area (Å²) in [5.41, 5.74) is 1.69. The number of hydrogen-bond donors (Lipinski definition) is 0. The van der Waals surface area contributed by atoms with Crippen LogP contribution in [0.4, 0.5) is 0 Å². The summed E-state index contributed by atoms with van der Waals surface area (Å²) in [4.78, 5) is 41.3. The quantitative estimate of drug-likeness (QED) is 0.251. The van der Waals surface area contributed by atoms with Crippen molar-refractivity contribution in [2.75, 3.05) is 14.2 Å². The highest BCUT2D eigenvalue weighted by Gasteiger charge is 2.58. The minimum absolute atomic E-state index is 0.0903. The first-order valence-corrected chi connectivity index (χ1v) is 13.4. The van der Waals surface area contributed by atoms with Crippen molar-refractivity contribution >= 4 is 17.7 Å². The molecule has 7 nitrogen and oxygen atoms in total. The smallest absolute Gasteiger partial charge is 0.330 e. The van der Waals surface area contributed by atoms with Gasteiger partial charge in [-0.25, -0.2) is 4.79 Å². The number of nitrogens with zero attached hydrogens (tertiary/aromatic N) is 1. The van der Waals surface area contributed by atoms with Crippen LogP contribution in [0.15, 0.2) is 48.5 Å². The zero-order valence-corrected chi connectivity index (χ0v) is 23.2. The molecule has 2 aliphatic rings. The molecule has 1 aliphatic heterocycles. The van der Waals surface area contributed by atoms with E-state index in [2.05, 4.69) is 20.8 Å². The van der Waals surface area contributed by atoms with Gasteiger partial charge in [-0.2, -0.15) is 0 Å². The molecule has 0 aromatic heterocycles. The highest BCUT2D eigenvalue weighted by atomic mass is 16.5. The fraction of sp³-hybridized carbons (Fsp3) is 0.516. The number of ketones is 1. The highest BCUT2D eigenvalue weighted by molar-refractivity contribution is 6.11. The van der Waals surface area contributed by atoms with Gasteiger partial charge in [-0.3, -0.25) is 9.59 Å². The van der Waals surface area contributed by atoms with E-state index in [1.165, 1.54) is 11.8 Å². The molecular weight excluding hydrogens is 482 g/mol. The van der Waals surface area contributed by atoms with E-state index in [1.807, 2.05) is 48.5 Å². The second-order valence-electron chi connectivity index (χ2n) is 11.2. The number of benzene rings is 2. The van der Waals surface area contributed by atoms with Crippen LogP contribution >= 0.6 is 0 Å². The molecule has 0 radical (unpaired) electrons. The molecule has 38 heavy (non-hydrogen) atoms. The Bertz CT molecular complexity index is 1110. The monoisotopic (exact) mass is 521 g/mol. The Morgan fingerprint density at radius 2 is 1.47 bits per heavy atom. The number of rotatable bonds is 9. The van der Waals surface area contributed by atoms with Crippen LogP contribution in [0.2, 0.25) is 0 Å². The van der Waals surface area contributed by atoms with E-state index in [0.29, 0.717) is 17.4 Å². The van der Waals surface area contributed by atoms with E-state index in [9.17, 15) is 14.4 Å². The van der Waals surface area contributed by atoms with Crippen LogP contribution in [-0.4, -0.2) is 48.9 Å². The third kappa shape index (κ3) is 5.29. The number of hydrogen-bond acceptors (Lipinski definition) is 6. The Morgan fingerprint density at radius 3 is 1.92 bits per heavy atom. The SMILES string of the molecule is COc1ccc(C(c2ccc(OC)cc2)N2C(=O)[C@@H](C(C)=O)[C@@H]2C(=O)OC2CCCC(C)(C(C)C)C2)cc1. The molecule has 0 bridgehead atoms. The third-order valence-electron chi connectivity index (χ3n) is 8.60. The predicted octanol–water partition coefficient (Wildman–Crippen LogP) is 5.36. The van der Waals surface area contributed by atoms with Crippen LogP contribution in [0, 0.1) is 17.3 Å². The van der Waals surface area contributed by atoms with E-state index >= 15 is 0 Å². The fourth-order valence-electron chi connectivity index (χ4n) is 5.85. The largest absolute Gasteiger partial charge is 0.497 e. The Kier molecular flexibility index (Phi) is 8.14. The molecule has 1 saturated carbocycles. The van der Waals surface area contributed by atoms with E-state index in [0.717, 1.165) is 36.8 Å². The molecular formula is C31H39NO6. The third-order valence-corrected chi connectivity index (χ3v) is 8.60. The van der Waals surface area contributed by atoms with Gasteiger partial charge in [0.05, 0.1) is 20.3 Å². The highest BCUT2D eigenvalue weighted by Crippen LogP contribution is 2.45. The molecule has 2 fully saturated rings. The van der Waals surface area contributed by atoms with Crippen LogP contribution in [0.25, 0.3) is 0 Å². The van der Waals surface area contributed by atoms with Crippen molar-refractivity contribution in [1.29, 1.82) is 0 Å². The second-order valence-corrected chi connectivity index (χ2v) is 11.2. The first-order chi connectivity index (χ1) is 18.1. The van der Waals surface area contributed by atoms with Gasteiger partial charge in [0.1, 0.15) is 35.3 Å². The average Bonchev–Trinajstić information content (AvgIpc) is 2.89. The number of likely N-dealkylation sites (tertiary alicyclic amines) is 1. The fourth-order valence-corrected chi connectivity index (χ4v) is 5.85. The van der Waals surface area contributed by atoms with E-state index in [-0.39, 0.29) is 23.2 Å². The lowest BCUT2D eigenvalue weighted by molar-refractivity contribution is -0.184. The van der Waals surface area contributed by atoms with Crippen molar-refractivity contribution in [3.63, 3.8) is 0 Å². The minimum Gasteiger partial charge on any atom is -0.497 e. The van der Waals surface area contributed by atoms with E-state index in [4.69, 9.17) is 14.2 Å². The minimum atomic E-state index is -1.04. The summed E-state index contributed by atoms with van der Waals surface area (Å²) in [6.07, 6.45) is 3.42. The number of β-lactam (4-membered cyclic amide) rings is 1. The number of methoxy groups -OCH3 is 2. The van der Waals surface area contributed by atoms with Gasteiger partial charge in [-0.05, 0) is 79.3 Å². The van der Waals surface area contributed by atoms with Crippen LogP contribution in [0.3, 0.4) is 0 Å². The lowest BCUT2D eigenvalue weighted by Crippen LogP contribution is -2.67. The van der Waals surface area contributed by atoms with Crippen molar-refractivity contribution < 1.29 is 28.6 Å². The Hall–Kier alpha value is -3.35. The van der Waals surface area contributed by atoms with E-state index < -0.39 is 24.0 Å². The number of amides is 1. The molecule has 4 rings (SSSR count). The number of esters is 1. The maximum atomic E-state index is 13.7. The summed E-state index contributed by atoms with van der Waals surface area (Å²) < 4.78 is 16.7. The Balaban J connectivity index is 1.68. The molecule has 7 heteroatoms. The van der Waals surface area contributed by atoms with E-state index in [1.54, 1.807) is 14.2 Å². The molecule has 1 aliphatic carbocycles. The summed E-state index contributed by atoms with van der Waals surface area (Å²) in [6.45, 7) is 8.03. The lowest BCUT2D eigenvalue weighted by Gasteiger charge is -2.49. The molecule has 2 unspecified atom stereocenters. The van der Waals surface area contributed by atoms with Crippen molar-refractivity contribution in [3.8, 4) is 11.5 Å². The first kappa shape index (κ1) is 27.7. The number of ether oxygens (including phenoxy) is 3. The first-order valence-electron chi connectivity index (χ1n) is 13.4. The number of carbonyl (C=O) groups excluding carboxylic acids is 3. The van der Waals surface area contributed by atoms with Crippen molar-refractivity contribution in [3.05, 3.63) is 59.7 Å². The van der Waals surface area contributed by atoms with Crippen molar-refractivity contribution in [2.24, 2.45) is 17.3 Å². The molecule has 4 atom stereocenters.